The average Bonchev–Trinajstić information content (AvgIpc) is 2.70. The molecule has 0 saturated carbocycles. The zero-order valence-corrected chi connectivity index (χ0v) is 12.1. The Balaban J connectivity index is 1.91. The van der Waals surface area contributed by atoms with Gasteiger partial charge in [-0.1, -0.05) is 6.92 Å². The fraction of sp³-hybridized carbons (Fsp3) is 0.455. The van der Waals surface area contributed by atoms with Crippen molar-refractivity contribution in [1.29, 1.82) is 0 Å². The second kappa shape index (κ2) is 6.26. The molecule has 0 radical (unpaired) electrons. The van der Waals surface area contributed by atoms with E-state index in [-0.39, 0.29) is 0 Å². The van der Waals surface area contributed by atoms with Crippen LogP contribution < -0.4 is 5.32 Å². The van der Waals surface area contributed by atoms with Gasteiger partial charge in [-0.05, 0) is 46.0 Å². The zero-order chi connectivity index (χ0) is 12.1. The number of thioether (sulfide) groups is 1. The fourth-order valence-corrected chi connectivity index (χ4v) is 2.41. The summed E-state index contributed by atoms with van der Waals surface area (Å²) in [5, 5.41) is 7.59. The lowest BCUT2D eigenvalue weighted by Gasteiger charge is -2.00. The Morgan fingerprint density at radius 1 is 1.47 bits per heavy atom. The number of fused-ring (bicyclic) bond motifs is 1. The molecular formula is C11H15BrN4S. The van der Waals surface area contributed by atoms with Gasteiger partial charge in [0.15, 0.2) is 5.65 Å². The summed E-state index contributed by atoms with van der Waals surface area (Å²) < 4.78 is 2.77. The number of rotatable bonds is 6. The molecule has 0 aromatic carbocycles. The molecular weight excluding hydrogens is 300 g/mol. The SMILES string of the molecule is CCSCCCNc1nc2ccc(Br)cn2n1. The monoisotopic (exact) mass is 314 g/mol. The maximum atomic E-state index is 4.38. The first-order valence-electron chi connectivity index (χ1n) is 5.63. The number of hydrogen-bond acceptors (Lipinski definition) is 4. The number of pyridine rings is 1. The van der Waals surface area contributed by atoms with Crippen LogP contribution in [0.2, 0.25) is 0 Å². The first kappa shape index (κ1) is 12.7. The van der Waals surface area contributed by atoms with E-state index in [9.17, 15) is 0 Å². The highest BCUT2D eigenvalue weighted by atomic mass is 79.9. The number of nitrogens with zero attached hydrogens (tertiary/aromatic N) is 3. The molecule has 2 aromatic rings. The molecule has 1 N–H and O–H groups in total. The highest BCUT2D eigenvalue weighted by Gasteiger charge is 2.02. The number of nitrogens with one attached hydrogen (secondary N) is 1. The van der Waals surface area contributed by atoms with Gasteiger partial charge in [0.25, 0.3) is 0 Å². The molecule has 0 aliphatic carbocycles. The van der Waals surface area contributed by atoms with Crippen molar-refractivity contribution in [2.24, 2.45) is 0 Å². The van der Waals surface area contributed by atoms with Crippen LogP contribution in [0.15, 0.2) is 22.8 Å². The van der Waals surface area contributed by atoms with Gasteiger partial charge in [0.05, 0.1) is 0 Å². The smallest absolute Gasteiger partial charge is 0.243 e. The molecule has 92 valence electrons. The minimum Gasteiger partial charge on any atom is -0.353 e. The molecule has 2 heterocycles. The molecule has 0 atom stereocenters. The van der Waals surface area contributed by atoms with Gasteiger partial charge in [0.2, 0.25) is 5.95 Å². The van der Waals surface area contributed by atoms with Gasteiger partial charge in [0.1, 0.15) is 0 Å². The largest absolute Gasteiger partial charge is 0.353 e. The number of aromatic nitrogens is 3. The Hall–Kier alpha value is -0.750. The third kappa shape index (κ3) is 3.61. The van der Waals surface area contributed by atoms with Crippen molar-refractivity contribution in [3.63, 3.8) is 0 Å². The standard InChI is InChI=1S/C11H15BrN4S/c1-2-17-7-3-6-13-11-14-10-5-4-9(12)8-16(10)15-11/h4-5,8H,2-3,6-7H2,1H3,(H,13,15). The van der Waals surface area contributed by atoms with Crippen LogP contribution in [-0.4, -0.2) is 32.6 Å². The molecule has 0 aliphatic heterocycles. The Morgan fingerprint density at radius 3 is 3.18 bits per heavy atom. The number of hydrogen-bond donors (Lipinski definition) is 1. The van der Waals surface area contributed by atoms with Gasteiger partial charge in [-0.2, -0.15) is 16.7 Å². The highest BCUT2D eigenvalue weighted by Crippen LogP contribution is 2.12. The topological polar surface area (TPSA) is 42.2 Å². The average molecular weight is 315 g/mol. The molecule has 2 rings (SSSR count). The molecule has 17 heavy (non-hydrogen) atoms. The summed E-state index contributed by atoms with van der Waals surface area (Å²) in [5.74, 6) is 3.06. The molecule has 0 unspecified atom stereocenters. The van der Waals surface area contributed by atoms with E-state index in [1.807, 2.05) is 30.1 Å². The fourth-order valence-electron chi connectivity index (χ4n) is 1.45. The maximum absolute atomic E-state index is 4.38. The lowest BCUT2D eigenvalue weighted by molar-refractivity contribution is 0.926. The van der Waals surface area contributed by atoms with Crippen LogP contribution in [0, 0.1) is 0 Å². The molecule has 0 aliphatic rings. The third-order valence-corrected chi connectivity index (χ3v) is 3.70. The van der Waals surface area contributed by atoms with Crippen LogP contribution in [0.25, 0.3) is 5.65 Å². The Kier molecular flexibility index (Phi) is 4.67. The van der Waals surface area contributed by atoms with E-state index in [0.717, 1.165) is 23.1 Å². The van der Waals surface area contributed by atoms with Gasteiger partial charge in [0, 0.05) is 17.2 Å². The van der Waals surface area contributed by atoms with Crippen LogP contribution in [0.5, 0.6) is 0 Å². The molecule has 0 saturated heterocycles. The normalized spacial score (nSPS) is 10.9. The summed E-state index contributed by atoms with van der Waals surface area (Å²) in [4.78, 5) is 4.38. The van der Waals surface area contributed by atoms with E-state index in [2.05, 4.69) is 38.3 Å². The van der Waals surface area contributed by atoms with Crippen molar-refractivity contribution in [3.8, 4) is 0 Å². The highest BCUT2D eigenvalue weighted by molar-refractivity contribution is 9.10. The van der Waals surface area contributed by atoms with Crippen LogP contribution in [0.1, 0.15) is 13.3 Å². The van der Waals surface area contributed by atoms with Crippen molar-refractivity contribution in [1.82, 2.24) is 14.6 Å². The van der Waals surface area contributed by atoms with Gasteiger partial charge < -0.3 is 5.32 Å². The van der Waals surface area contributed by atoms with Crippen LogP contribution >= 0.6 is 27.7 Å². The quantitative estimate of drug-likeness (QED) is 0.832. The van der Waals surface area contributed by atoms with Crippen LogP contribution in [-0.2, 0) is 0 Å². The Morgan fingerprint density at radius 2 is 2.35 bits per heavy atom. The molecule has 0 spiro atoms. The summed E-state index contributed by atoms with van der Waals surface area (Å²) in [7, 11) is 0. The number of anilines is 1. The predicted molar refractivity (Wildman–Crippen MR) is 76.8 cm³/mol. The first-order valence-corrected chi connectivity index (χ1v) is 7.58. The van der Waals surface area contributed by atoms with Gasteiger partial charge in [-0.15, -0.1) is 5.10 Å². The van der Waals surface area contributed by atoms with E-state index in [1.54, 1.807) is 4.52 Å². The lowest BCUT2D eigenvalue weighted by Crippen LogP contribution is -2.04. The summed E-state index contributed by atoms with van der Waals surface area (Å²) in [6, 6.07) is 3.90. The second-order valence-electron chi connectivity index (χ2n) is 3.56. The molecule has 4 nitrogen and oxygen atoms in total. The van der Waals surface area contributed by atoms with Crippen molar-refractivity contribution in [3.05, 3.63) is 22.8 Å². The third-order valence-electron chi connectivity index (χ3n) is 2.25. The van der Waals surface area contributed by atoms with Crippen molar-refractivity contribution in [2.45, 2.75) is 13.3 Å². The van der Waals surface area contributed by atoms with Crippen LogP contribution in [0.4, 0.5) is 5.95 Å². The minimum absolute atomic E-state index is 0.699. The zero-order valence-electron chi connectivity index (χ0n) is 9.69. The summed E-state index contributed by atoms with van der Waals surface area (Å²) in [5.41, 5.74) is 0.860. The predicted octanol–water partition coefficient (Wildman–Crippen LogP) is 3.05. The summed E-state index contributed by atoms with van der Waals surface area (Å²) in [6.07, 6.45) is 3.04. The summed E-state index contributed by atoms with van der Waals surface area (Å²) >= 11 is 5.37. The Labute approximate surface area is 113 Å². The van der Waals surface area contributed by atoms with Crippen LogP contribution in [0.3, 0.4) is 0 Å². The van der Waals surface area contributed by atoms with Gasteiger partial charge in [-0.3, -0.25) is 0 Å². The molecule has 0 amide bonds. The molecule has 6 heteroatoms. The first-order chi connectivity index (χ1) is 8.29. The summed E-state index contributed by atoms with van der Waals surface area (Å²) in [6.45, 7) is 3.10. The Bertz CT molecular complexity index is 485. The van der Waals surface area contributed by atoms with E-state index < -0.39 is 0 Å². The van der Waals surface area contributed by atoms with E-state index in [1.165, 1.54) is 11.5 Å². The van der Waals surface area contributed by atoms with E-state index in [0.29, 0.717) is 5.95 Å². The maximum Gasteiger partial charge on any atom is 0.243 e. The van der Waals surface area contributed by atoms with Crippen molar-refractivity contribution in [2.75, 3.05) is 23.4 Å². The van der Waals surface area contributed by atoms with Gasteiger partial charge >= 0.3 is 0 Å². The second-order valence-corrected chi connectivity index (χ2v) is 5.87. The minimum atomic E-state index is 0.699. The van der Waals surface area contributed by atoms with Crippen molar-refractivity contribution >= 4 is 39.3 Å². The van der Waals surface area contributed by atoms with E-state index >= 15 is 0 Å². The van der Waals surface area contributed by atoms with Gasteiger partial charge in [-0.25, -0.2) is 4.52 Å². The molecule has 0 bridgehead atoms. The molecule has 0 fully saturated rings. The molecule has 2 aromatic heterocycles. The van der Waals surface area contributed by atoms with Crippen molar-refractivity contribution < 1.29 is 0 Å². The lowest BCUT2D eigenvalue weighted by atomic mass is 10.5. The number of halogens is 1. The van der Waals surface area contributed by atoms with E-state index in [4.69, 9.17) is 0 Å².